The molecule has 0 bridgehead atoms. The maximum Gasteiger partial charge on any atom is 0.335 e. The first-order chi connectivity index (χ1) is 12.7. The first-order valence-corrected chi connectivity index (χ1v) is 9.97. The van der Waals surface area contributed by atoms with Crippen LogP contribution in [0.2, 0.25) is 0 Å². The Morgan fingerprint density at radius 3 is 2.77 bits per heavy atom. The maximum atomic E-state index is 11.5. The number of carboxylic acids is 1. The Morgan fingerprint density at radius 1 is 1.15 bits per heavy atom. The Hall–Kier alpha value is -2.24. The van der Waals surface area contributed by atoms with Gasteiger partial charge in [-0.25, -0.2) is 4.79 Å². The van der Waals surface area contributed by atoms with Crippen LogP contribution in [0.3, 0.4) is 0 Å². The van der Waals surface area contributed by atoms with Crippen molar-refractivity contribution in [2.45, 2.75) is 6.61 Å². The fraction of sp³-hybridized carbons (Fsp3) is 0.286. The standard InChI is InChI=1S/C21H21NO3S/c23-21(24)15-5-6-20-19(13-15)18(7-8-22-9-11-26-12-10-22)17-4-2-1-3-16(17)14-25-20/h1-7,13H,8-12,14H2,(H,23,24)/b18-7+. The molecule has 0 unspecified atom stereocenters. The van der Waals surface area contributed by atoms with E-state index >= 15 is 0 Å². The molecule has 1 fully saturated rings. The minimum absolute atomic E-state index is 0.284. The third-order valence-corrected chi connectivity index (χ3v) is 5.81. The monoisotopic (exact) mass is 367 g/mol. The van der Waals surface area contributed by atoms with Gasteiger partial charge in [0.1, 0.15) is 12.4 Å². The highest BCUT2D eigenvalue weighted by Gasteiger charge is 2.21. The summed E-state index contributed by atoms with van der Waals surface area (Å²) in [5.41, 5.74) is 4.46. The van der Waals surface area contributed by atoms with Gasteiger partial charge in [-0.05, 0) is 34.9 Å². The van der Waals surface area contributed by atoms with Crippen LogP contribution in [-0.2, 0) is 6.61 Å². The normalized spacial score (nSPS) is 18.5. The molecular weight excluding hydrogens is 346 g/mol. The van der Waals surface area contributed by atoms with Crippen LogP contribution in [0.5, 0.6) is 5.75 Å². The molecule has 2 aliphatic heterocycles. The van der Waals surface area contributed by atoms with E-state index in [9.17, 15) is 9.90 Å². The van der Waals surface area contributed by atoms with Gasteiger partial charge in [0, 0.05) is 36.7 Å². The number of aromatic carboxylic acids is 1. The zero-order chi connectivity index (χ0) is 17.9. The van der Waals surface area contributed by atoms with Gasteiger partial charge in [0.05, 0.1) is 5.56 Å². The van der Waals surface area contributed by atoms with Crippen LogP contribution in [0.25, 0.3) is 5.57 Å². The highest BCUT2D eigenvalue weighted by atomic mass is 32.2. The van der Waals surface area contributed by atoms with Gasteiger partial charge in [-0.2, -0.15) is 11.8 Å². The fourth-order valence-electron chi connectivity index (χ4n) is 3.43. The van der Waals surface area contributed by atoms with Crippen molar-refractivity contribution >= 4 is 23.3 Å². The summed E-state index contributed by atoms with van der Waals surface area (Å²) < 4.78 is 5.98. The second-order valence-corrected chi connectivity index (χ2v) is 7.72. The molecule has 0 spiro atoms. The minimum Gasteiger partial charge on any atom is -0.488 e. The largest absolute Gasteiger partial charge is 0.488 e. The lowest BCUT2D eigenvalue weighted by atomic mass is 9.93. The maximum absolute atomic E-state index is 11.5. The van der Waals surface area contributed by atoms with Crippen molar-refractivity contribution < 1.29 is 14.6 Å². The predicted octanol–water partition coefficient (Wildman–Crippen LogP) is 3.76. The molecule has 0 radical (unpaired) electrons. The van der Waals surface area contributed by atoms with Crippen molar-refractivity contribution in [3.8, 4) is 5.75 Å². The van der Waals surface area contributed by atoms with Crippen LogP contribution in [0, 0.1) is 0 Å². The van der Waals surface area contributed by atoms with Crippen molar-refractivity contribution in [1.29, 1.82) is 0 Å². The summed E-state index contributed by atoms with van der Waals surface area (Å²) in [4.78, 5) is 13.9. The van der Waals surface area contributed by atoms with Crippen molar-refractivity contribution in [2.75, 3.05) is 31.1 Å². The topological polar surface area (TPSA) is 49.8 Å². The van der Waals surface area contributed by atoms with Gasteiger partial charge in [-0.3, -0.25) is 4.90 Å². The lowest BCUT2D eigenvalue weighted by Gasteiger charge is -2.25. The minimum atomic E-state index is -0.919. The number of carbonyl (C=O) groups is 1. The lowest BCUT2D eigenvalue weighted by molar-refractivity contribution is 0.0697. The average molecular weight is 367 g/mol. The summed E-state index contributed by atoms with van der Waals surface area (Å²) in [7, 11) is 0. The van der Waals surface area contributed by atoms with Gasteiger partial charge in [0.25, 0.3) is 0 Å². The molecule has 0 saturated carbocycles. The predicted molar refractivity (Wildman–Crippen MR) is 105 cm³/mol. The molecule has 5 heteroatoms. The number of rotatable bonds is 3. The van der Waals surface area contributed by atoms with Gasteiger partial charge < -0.3 is 9.84 Å². The van der Waals surface area contributed by atoms with E-state index in [-0.39, 0.29) is 5.56 Å². The molecule has 2 aromatic carbocycles. The molecule has 0 aliphatic carbocycles. The molecule has 1 saturated heterocycles. The zero-order valence-corrected chi connectivity index (χ0v) is 15.3. The van der Waals surface area contributed by atoms with Crippen molar-refractivity contribution in [3.63, 3.8) is 0 Å². The fourth-order valence-corrected chi connectivity index (χ4v) is 4.41. The Kier molecular flexibility index (Phi) is 5.00. The van der Waals surface area contributed by atoms with Crippen molar-refractivity contribution in [3.05, 3.63) is 70.8 Å². The lowest BCUT2D eigenvalue weighted by Crippen LogP contribution is -2.32. The Morgan fingerprint density at radius 2 is 1.96 bits per heavy atom. The molecule has 0 amide bonds. The van der Waals surface area contributed by atoms with Crippen LogP contribution in [0.15, 0.2) is 48.5 Å². The summed E-state index contributed by atoms with van der Waals surface area (Å²) in [5.74, 6) is 2.16. The van der Waals surface area contributed by atoms with E-state index in [1.54, 1.807) is 18.2 Å². The molecule has 2 aliphatic rings. The Balaban J connectivity index is 1.79. The molecule has 2 aromatic rings. The summed E-state index contributed by atoms with van der Waals surface area (Å²) in [6.07, 6.45) is 2.23. The van der Waals surface area contributed by atoms with Gasteiger partial charge in [0.2, 0.25) is 0 Å². The molecule has 2 heterocycles. The molecule has 26 heavy (non-hydrogen) atoms. The Labute approximate surface area is 157 Å². The molecule has 4 nitrogen and oxygen atoms in total. The van der Waals surface area contributed by atoms with E-state index < -0.39 is 5.97 Å². The number of carboxylic acid groups (broad SMARTS) is 1. The molecule has 4 rings (SSSR count). The molecule has 1 N–H and O–H groups in total. The molecular formula is C21H21NO3S. The highest BCUT2D eigenvalue weighted by Crippen LogP contribution is 2.37. The van der Waals surface area contributed by atoms with Gasteiger partial charge in [-0.15, -0.1) is 0 Å². The van der Waals surface area contributed by atoms with Gasteiger partial charge in [0.15, 0.2) is 0 Å². The number of nitrogens with zero attached hydrogens (tertiary/aromatic N) is 1. The van der Waals surface area contributed by atoms with Crippen LogP contribution in [-0.4, -0.2) is 47.1 Å². The van der Waals surface area contributed by atoms with E-state index in [0.717, 1.165) is 47.6 Å². The number of hydrogen-bond acceptors (Lipinski definition) is 4. The first-order valence-electron chi connectivity index (χ1n) is 8.81. The zero-order valence-electron chi connectivity index (χ0n) is 14.5. The molecule has 0 aromatic heterocycles. The van der Waals surface area contributed by atoms with Crippen LogP contribution >= 0.6 is 11.8 Å². The summed E-state index contributed by atoms with van der Waals surface area (Å²) >= 11 is 2.00. The second-order valence-electron chi connectivity index (χ2n) is 6.49. The number of ether oxygens (including phenoxy) is 1. The van der Waals surface area contributed by atoms with E-state index in [0.29, 0.717) is 6.61 Å². The third-order valence-electron chi connectivity index (χ3n) is 4.86. The van der Waals surface area contributed by atoms with Gasteiger partial charge >= 0.3 is 5.97 Å². The summed E-state index contributed by atoms with van der Waals surface area (Å²) in [5, 5.41) is 9.40. The second kappa shape index (κ2) is 7.56. The summed E-state index contributed by atoms with van der Waals surface area (Å²) in [6, 6.07) is 13.3. The van der Waals surface area contributed by atoms with Gasteiger partial charge in [-0.1, -0.05) is 30.3 Å². The average Bonchev–Trinajstić information content (AvgIpc) is 2.83. The first kappa shape index (κ1) is 17.2. The Bertz CT molecular complexity index is 856. The summed E-state index contributed by atoms with van der Waals surface area (Å²) in [6.45, 7) is 3.54. The van der Waals surface area contributed by atoms with Crippen LogP contribution < -0.4 is 4.74 Å². The van der Waals surface area contributed by atoms with E-state index in [4.69, 9.17) is 4.74 Å². The van der Waals surface area contributed by atoms with Crippen molar-refractivity contribution in [1.82, 2.24) is 4.90 Å². The van der Waals surface area contributed by atoms with Crippen molar-refractivity contribution in [2.24, 2.45) is 0 Å². The molecule has 0 atom stereocenters. The smallest absolute Gasteiger partial charge is 0.335 e. The number of thioether (sulfide) groups is 1. The SMILES string of the molecule is O=C(O)c1ccc2c(c1)/C(=C/CN1CCSCC1)c1ccccc1CO2. The number of fused-ring (bicyclic) bond motifs is 2. The third kappa shape index (κ3) is 3.50. The number of benzene rings is 2. The highest BCUT2D eigenvalue weighted by molar-refractivity contribution is 7.99. The van der Waals surface area contributed by atoms with E-state index in [2.05, 4.69) is 23.1 Å². The van der Waals surface area contributed by atoms with Crippen LogP contribution in [0.1, 0.15) is 27.0 Å². The quantitative estimate of drug-likeness (QED) is 0.895. The van der Waals surface area contributed by atoms with E-state index in [1.807, 2.05) is 23.9 Å². The molecule has 134 valence electrons. The van der Waals surface area contributed by atoms with E-state index in [1.165, 1.54) is 11.5 Å². The van der Waals surface area contributed by atoms with Crippen LogP contribution in [0.4, 0.5) is 0 Å². The number of hydrogen-bond donors (Lipinski definition) is 1.